The predicted octanol–water partition coefficient (Wildman–Crippen LogP) is 3.59. The van der Waals surface area contributed by atoms with Crippen molar-refractivity contribution in [2.45, 2.75) is 51.6 Å². The number of rotatable bonds is 11. The van der Waals surface area contributed by atoms with Gasteiger partial charge in [0.2, 0.25) is 5.82 Å². The summed E-state index contributed by atoms with van der Waals surface area (Å²) in [5, 5.41) is 13.1. The van der Waals surface area contributed by atoms with Crippen molar-refractivity contribution in [3.05, 3.63) is 41.0 Å². The molecule has 1 N–H and O–H groups in total. The van der Waals surface area contributed by atoms with E-state index < -0.39 is 0 Å². The minimum atomic E-state index is -0.216. The van der Waals surface area contributed by atoms with Crippen LogP contribution in [0.5, 0.6) is 11.5 Å². The number of nitrogens with one attached hydrogen (secondary N) is 1. The molecule has 0 aromatic heterocycles. The first-order valence-corrected chi connectivity index (χ1v) is 11.8. The van der Waals surface area contributed by atoms with Gasteiger partial charge in [-0.2, -0.15) is 0 Å². The van der Waals surface area contributed by atoms with E-state index in [9.17, 15) is 5.21 Å². The second kappa shape index (κ2) is 11.3. The second-order valence-corrected chi connectivity index (χ2v) is 9.27. The van der Waals surface area contributed by atoms with Crippen molar-refractivity contribution in [3.63, 3.8) is 0 Å². The van der Waals surface area contributed by atoms with Gasteiger partial charge >= 0.3 is 0 Å². The van der Waals surface area contributed by atoms with Gasteiger partial charge in [0, 0.05) is 36.9 Å². The van der Waals surface area contributed by atoms with Gasteiger partial charge in [-0.05, 0) is 50.6 Å². The molecule has 30 heavy (non-hydrogen) atoms. The number of unbranched alkanes of at least 4 members (excludes halogenated alkanes) is 3. The number of hydrogen-bond acceptors (Lipinski definition) is 7. The summed E-state index contributed by atoms with van der Waals surface area (Å²) < 4.78 is 16.9. The van der Waals surface area contributed by atoms with Crippen molar-refractivity contribution in [1.29, 1.82) is 0 Å². The minimum Gasteiger partial charge on any atom is -0.626 e. The second-order valence-electron chi connectivity index (χ2n) is 7.68. The normalized spacial score (nSPS) is 21.9. The van der Waals surface area contributed by atoms with Crippen molar-refractivity contribution in [2.75, 3.05) is 33.9 Å². The van der Waals surface area contributed by atoms with Crippen LogP contribution in [0.1, 0.15) is 45.4 Å². The number of nitrogens with zero attached hydrogens (tertiary/aromatic N) is 3. The number of methoxy groups -OCH3 is 1. The summed E-state index contributed by atoms with van der Waals surface area (Å²) in [7, 11) is 3.70. The van der Waals surface area contributed by atoms with Crippen LogP contribution in [-0.4, -0.2) is 53.0 Å². The fourth-order valence-electron chi connectivity index (χ4n) is 3.79. The third kappa shape index (κ3) is 5.68. The van der Waals surface area contributed by atoms with Gasteiger partial charge in [-0.1, -0.05) is 19.8 Å². The van der Waals surface area contributed by atoms with Gasteiger partial charge in [0.15, 0.2) is 6.17 Å². The summed E-state index contributed by atoms with van der Waals surface area (Å²) in [5.74, 6) is 2.52. The van der Waals surface area contributed by atoms with Crippen LogP contribution in [0.2, 0.25) is 0 Å². The maximum absolute atomic E-state index is 12.9. The Morgan fingerprint density at radius 2 is 1.87 bits per heavy atom. The molecule has 0 fully saturated rings. The van der Waals surface area contributed by atoms with E-state index in [4.69, 9.17) is 21.3 Å². The molecule has 1 aromatic rings. The summed E-state index contributed by atoms with van der Waals surface area (Å²) >= 11 is 8.14. The van der Waals surface area contributed by atoms with Crippen molar-refractivity contribution >= 4 is 23.9 Å². The highest BCUT2D eigenvalue weighted by atomic mass is 35.5. The van der Waals surface area contributed by atoms with Crippen LogP contribution in [0.4, 0.5) is 0 Å². The van der Waals surface area contributed by atoms with Crippen LogP contribution in [0.3, 0.4) is 0 Å². The van der Waals surface area contributed by atoms with Gasteiger partial charge in [0.25, 0.3) is 0 Å². The zero-order chi connectivity index (χ0) is 21.5. The van der Waals surface area contributed by atoms with Crippen LogP contribution in [0.25, 0.3) is 0 Å². The molecule has 0 radical (unpaired) electrons. The number of likely N-dealkylation sites (N-methyl/N-ethyl adjacent to an activating group) is 1. The maximum atomic E-state index is 12.9. The summed E-state index contributed by atoms with van der Waals surface area (Å²) in [4.78, 5) is 0. The Morgan fingerprint density at radius 1 is 1.17 bits per heavy atom. The van der Waals surface area contributed by atoms with E-state index in [0.29, 0.717) is 13.2 Å². The highest BCUT2D eigenvalue weighted by Gasteiger charge is 2.44. The topological polar surface area (TPSA) is 55.7 Å². The lowest BCUT2D eigenvalue weighted by molar-refractivity contribution is -0.844. The third-order valence-electron chi connectivity index (χ3n) is 5.35. The first-order chi connectivity index (χ1) is 14.5. The quantitative estimate of drug-likeness (QED) is 0.236. The Kier molecular flexibility index (Phi) is 8.83. The smallest absolute Gasteiger partial charge is 0.237 e. The average molecular weight is 457 g/mol. The number of halogens is 1. The predicted molar refractivity (Wildman–Crippen MR) is 122 cm³/mol. The molecular weight excluding hydrogens is 424 g/mol. The molecule has 2 atom stereocenters. The number of hydroxylamine groups is 2. The molecule has 0 spiro atoms. The SMILES string of the molecule is CCCC1N(Cl)C2=C(N(CCCCCCOc3ccc(OC)cc3)SN(C)C2)[NH+]1[O-]. The largest absolute Gasteiger partial charge is 0.626 e. The van der Waals surface area contributed by atoms with E-state index in [1.54, 1.807) is 23.7 Å². The molecule has 0 amide bonds. The lowest BCUT2D eigenvalue weighted by Crippen LogP contribution is -3.10. The minimum absolute atomic E-state index is 0.176. The van der Waals surface area contributed by atoms with Crippen LogP contribution in [0, 0.1) is 5.21 Å². The Morgan fingerprint density at radius 3 is 2.57 bits per heavy atom. The Labute approximate surface area is 189 Å². The van der Waals surface area contributed by atoms with E-state index >= 15 is 0 Å². The molecular formula is C21H33ClN4O3S. The monoisotopic (exact) mass is 456 g/mol. The van der Waals surface area contributed by atoms with E-state index in [1.165, 1.54) is 0 Å². The Balaban J connectivity index is 1.39. The summed E-state index contributed by atoms with van der Waals surface area (Å²) in [6.07, 6.45) is 5.78. The van der Waals surface area contributed by atoms with Gasteiger partial charge in [-0.3, -0.25) is 4.31 Å². The van der Waals surface area contributed by atoms with Gasteiger partial charge in [0.05, 0.1) is 20.3 Å². The summed E-state index contributed by atoms with van der Waals surface area (Å²) in [5.41, 5.74) is 0.953. The summed E-state index contributed by atoms with van der Waals surface area (Å²) in [6.45, 7) is 4.35. The maximum Gasteiger partial charge on any atom is 0.237 e. The lowest BCUT2D eigenvalue weighted by Gasteiger charge is -2.35. The molecule has 9 heteroatoms. The fraction of sp³-hybridized carbons (Fsp3) is 0.619. The molecule has 2 aliphatic rings. The molecule has 0 saturated carbocycles. The van der Waals surface area contributed by atoms with Crippen molar-refractivity contribution in [1.82, 2.24) is 13.0 Å². The van der Waals surface area contributed by atoms with Crippen LogP contribution in [-0.2, 0) is 0 Å². The molecule has 2 unspecified atom stereocenters. The van der Waals surface area contributed by atoms with Gasteiger partial charge < -0.3 is 19.7 Å². The lowest BCUT2D eigenvalue weighted by atomic mass is 10.2. The molecule has 7 nitrogen and oxygen atoms in total. The Bertz CT molecular complexity index is 706. The molecule has 2 aliphatic heterocycles. The molecule has 1 aromatic carbocycles. The Hall–Kier alpha value is -1.32. The van der Waals surface area contributed by atoms with Crippen LogP contribution >= 0.6 is 23.9 Å². The molecule has 0 bridgehead atoms. The van der Waals surface area contributed by atoms with E-state index in [2.05, 4.69) is 15.5 Å². The number of ether oxygens (including phenoxy) is 2. The van der Waals surface area contributed by atoms with E-state index in [0.717, 1.165) is 68.1 Å². The molecule has 0 aliphatic carbocycles. The number of hydrogen-bond donors (Lipinski definition) is 1. The summed E-state index contributed by atoms with van der Waals surface area (Å²) in [6, 6.07) is 7.67. The number of quaternary nitrogens is 1. The van der Waals surface area contributed by atoms with Gasteiger partial charge in [-0.15, -0.1) is 0 Å². The molecule has 168 valence electrons. The van der Waals surface area contributed by atoms with Crippen molar-refractivity contribution in [3.8, 4) is 11.5 Å². The first-order valence-electron chi connectivity index (χ1n) is 10.7. The highest BCUT2D eigenvalue weighted by molar-refractivity contribution is 7.94. The number of benzene rings is 1. The van der Waals surface area contributed by atoms with Crippen LogP contribution < -0.4 is 14.5 Å². The molecule has 3 rings (SSSR count). The van der Waals surface area contributed by atoms with Crippen LogP contribution in [0.15, 0.2) is 35.8 Å². The fourth-order valence-corrected chi connectivity index (χ4v) is 5.12. The third-order valence-corrected chi connectivity index (χ3v) is 6.76. The standard InChI is InChI=1S/C21H33ClN4O3S/c1-4-9-20-25(22)19-16-23(2)30-24(21(19)26(20)27)14-7-5-6-8-15-29-18-12-10-17(28-3)11-13-18/h10-13,20,26H,4-9,14-16H2,1-3H3. The highest BCUT2D eigenvalue weighted by Crippen LogP contribution is 2.34. The van der Waals surface area contributed by atoms with E-state index in [-0.39, 0.29) is 11.2 Å². The first kappa shape index (κ1) is 23.3. The van der Waals surface area contributed by atoms with Gasteiger partial charge in [-0.25, -0.2) is 8.72 Å². The zero-order valence-electron chi connectivity index (χ0n) is 18.1. The zero-order valence-corrected chi connectivity index (χ0v) is 19.7. The average Bonchev–Trinajstić information content (AvgIpc) is 2.98. The molecule has 0 saturated heterocycles. The van der Waals surface area contributed by atoms with Crippen molar-refractivity contribution in [2.24, 2.45) is 0 Å². The molecule has 2 heterocycles. The van der Waals surface area contributed by atoms with E-state index in [1.807, 2.05) is 31.3 Å². The van der Waals surface area contributed by atoms with Crippen molar-refractivity contribution < 1.29 is 14.5 Å². The van der Waals surface area contributed by atoms with Gasteiger partial charge in [0.1, 0.15) is 17.2 Å².